The summed E-state index contributed by atoms with van der Waals surface area (Å²) in [6.07, 6.45) is 5.20. The maximum Gasteiger partial charge on any atom is 0.225 e. The Balaban J connectivity index is 1.43. The van der Waals surface area contributed by atoms with Gasteiger partial charge in [-0.15, -0.1) is 0 Å². The van der Waals surface area contributed by atoms with Crippen LogP contribution in [0.5, 0.6) is 0 Å². The average Bonchev–Trinajstić information content (AvgIpc) is 3.21. The summed E-state index contributed by atoms with van der Waals surface area (Å²) in [6, 6.07) is -0.478. The molecule has 1 N–H and O–H groups in total. The molecule has 0 saturated carbocycles. The standard InChI is InChI=1S/C18H26N4O5S2/c23-13-2-1-6-21(10-13)18-19-9-15-16(20-18)8-12-3-4-17(15)22(12)29(26,27)14-5-7-28(24,25)11-14/h9,12-14,17,23H,1-8,10-11H2. The maximum absolute atomic E-state index is 13.3. The van der Waals surface area contributed by atoms with Gasteiger partial charge in [-0.25, -0.2) is 26.8 Å². The first-order valence-electron chi connectivity index (χ1n) is 10.3. The summed E-state index contributed by atoms with van der Waals surface area (Å²) in [6.45, 7) is 1.32. The first kappa shape index (κ1) is 19.7. The van der Waals surface area contributed by atoms with Crippen molar-refractivity contribution in [2.75, 3.05) is 29.5 Å². The topological polar surface area (TPSA) is 121 Å². The highest BCUT2D eigenvalue weighted by Gasteiger charge is 2.51. The fraction of sp³-hybridized carbons (Fsp3) is 0.778. The lowest BCUT2D eigenvalue weighted by Gasteiger charge is -2.37. The number of sulfone groups is 1. The number of aromatic nitrogens is 2. The molecule has 1 aromatic heterocycles. The molecule has 3 fully saturated rings. The number of rotatable bonds is 3. The lowest BCUT2D eigenvalue weighted by molar-refractivity contribution is 0.153. The second kappa shape index (κ2) is 6.86. The van der Waals surface area contributed by atoms with Crippen molar-refractivity contribution in [1.29, 1.82) is 0 Å². The second-order valence-electron chi connectivity index (χ2n) is 8.67. The Morgan fingerprint density at radius 3 is 2.72 bits per heavy atom. The van der Waals surface area contributed by atoms with Gasteiger partial charge < -0.3 is 10.0 Å². The van der Waals surface area contributed by atoms with Crippen molar-refractivity contribution in [1.82, 2.24) is 14.3 Å². The zero-order chi connectivity index (χ0) is 20.4. The molecule has 0 aromatic carbocycles. The number of piperidine rings is 1. The highest BCUT2D eigenvalue weighted by Crippen LogP contribution is 2.46. The van der Waals surface area contributed by atoms with Crippen LogP contribution in [0, 0.1) is 0 Å². The van der Waals surface area contributed by atoms with Crippen LogP contribution in [0.2, 0.25) is 0 Å². The van der Waals surface area contributed by atoms with Crippen LogP contribution in [0.15, 0.2) is 6.20 Å². The van der Waals surface area contributed by atoms with E-state index in [1.54, 1.807) is 10.5 Å². The molecule has 160 valence electrons. The van der Waals surface area contributed by atoms with Crippen LogP contribution in [-0.4, -0.2) is 78.2 Å². The van der Waals surface area contributed by atoms with Gasteiger partial charge in [0.1, 0.15) is 0 Å². The molecule has 4 aliphatic rings. The van der Waals surface area contributed by atoms with Crippen LogP contribution in [0.4, 0.5) is 5.95 Å². The van der Waals surface area contributed by atoms with Crippen LogP contribution in [-0.2, 0) is 26.3 Å². The van der Waals surface area contributed by atoms with Crippen LogP contribution in [0.1, 0.15) is 49.4 Å². The molecule has 0 spiro atoms. The smallest absolute Gasteiger partial charge is 0.225 e. The first-order chi connectivity index (χ1) is 13.7. The highest BCUT2D eigenvalue weighted by molar-refractivity contribution is 7.95. The van der Waals surface area contributed by atoms with E-state index in [1.807, 2.05) is 4.90 Å². The van der Waals surface area contributed by atoms with Gasteiger partial charge in [-0.3, -0.25) is 0 Å². The van der Waals surface area contributed by atoms with Crippen LogP contribution < -0.4 is 4.90 Å². The van der Waals surface area contributed by atoms with E-state index < -0.39 is 25.1 Å². The molecule has 5 heterocycles. The van der Waals surface area contributed by atoms with Gasteiger partial charge in [-0.2, -0.15) is 4.31 Å². The average molecular weight is 443 g/mol. The van der Waals surface area contributed by atoms with E-state index in [0.29, 0.717) is 25.3 Å². The first-order valence-corrected chi connectivity index (χ1v) is 13.6. The third kappa shape index (κ3) is 3.35. The third-order valence-corrected chi connectivity index (χ3v) is 11.1. The molecule has 29 heavy (non-hydrogen) atoms. The Kier molecular flexibility index (Phi) is 4.65. The van der Waals surface area contributed by atoms with Crippen molar-refractivity contribution >= 4 is 25.8 Å². The molecule has 4 aliphatic heterocycles. The van der Waals surface area contributed by atoms with Gasteiger partial charge in [-0.1, -0.05) is 0 Å². The molecule has 1 aromatic rings. The zero-order valence-corrected chi connectivity index (χ0v) is 17.8. The van der Waals surface area contributed by atoms with E-state index in [-0.39, 0.29) is 36.1 Å². The van der Waals surface area contributed by atoms with Gasteiger partial charge >= 0.3 is 0 Å². The van der Waals surface area contributed by atoms with Gasteiger partial charge in [0.25, 0.3) is 0 Å². The fourth-order valence-corrected chi connectivity index (χ4v) is 10.2. The monoisotopic (exact) mass is 442 g/mol. The van der Waals surface area contributed by atoms with Gasteiger partial charge in [-0.05, 0) is 32.1 Å². The normalized spacial score (nSPS) is 34.3. The number of hydrogen-bond donors (Lipinski definition) is 1. The molecule has 3 saturated heterocycles. The maximum atomic E-state index is 13.3. The Morgan fingerprint density at radius 2 is 2.00 bits per heavy atom. The van der Waals surface area contributed by atoms with Crippen molar-refractivity contribution < 1.29 is 21.9 Å². The molecule has 5 rings (SSSR count). The molecule has 11 heteroatoms. The number of nitrogens with zero attached hydrogens (tertiary/aromatic N) is 4. The minimum absolute atomic E-state index is 0.0508. The molecule has 9 nitrogen and oxygen atoms in total. The van der Waals surface area contributed by atoms with Crippen LogP contribution in [0.25, 0.3) is 0 Å². The summed E-state index contributed by atoms with van der Waals surface area (Å²) in [4.78, 5) is 11.2. The number of β-amino-alcohol motifs (C(OH)–C–C–N with tert-alkyl or cyclic N) is 1. The Bertz CT molecular complexity index is 1030. The van der Waals surface area contributed by atoms with E-state index in [2.05, 4.69) is 4.98 Å². The van der Waals surface area contributed by atoms with Gasteiger partial charge in [0.15, 0.2) is 9.84 Å². The number of aliphatic hydroxyl groups excluding tert-OH is 1. The minimum atomic E-state index is -3.69. The quantitative estimate of drug-likeness (QED) is 0.695. The predicted octanol–water partition coefficient (Wildman–Crippen LogP) is 0.0162. The summed E-state index contributed by atoms with van der Waals surface area (Å²) in [5.41, 5.74) is 1.72. The largest absolute Gasteiger partial charge is 0.391 e. The summed E-state index contributed by atoms with van der Waals surface area (Å²) in [5.74, 6) is 0.274. The molecule has 0 amide bonds. The van der Waals surface area contributed by atoms with E-state index in [9.17, 15) is 21.9 Å². The van der Waals surface area contributed by atoms with Crippen LogP contribution in [0.3, 0.4) is 0 Å². The molecule has 4 atom stereocenters. The number of sulfonamides is 1. The lowest BCUT2D eigenvalue weighted by atomic mass is 10.0. The summed E-state index contributed by atoms with van der Waals surface area (Å²) in [5, 5.41) is 9.08. The van der Waals surface area contributed by atoms with E-state index in [4.69, 9.17) is 4.98 Å². The van der Waals surface area contributed by atoms with Crippen molar-refractivity contribution in [2.45, 2.75) is 62.0 Å². The summed E-state index contributed by atoms with van der Waals surface area (Å²) < 4.78 is 51.8. The number of hydrogen-bond acceptors (Lipinski definition) is 8. The fourth-order valence-electron chi connectivity index (χ4n) is 5.27. The Labute approximate surface area is 171 Å². The van der Waals surface area contributed by atoms with Crippen molar-refractivity contribution in [3.63, 3.8) is 0 Å². The number of fused-ring (bicyclic) bond motifs is 4. The molecule has 2 bridgehead atoms. The van der Waals surface area contributed by atoms with Crippen molar-refractivity contribution in [3.8, 4) is 0 Å². The Morgan fingerprint density at radius 1 is 1.17 bits per heavy atom. The number of anilines is 1. The van der Waals surface area contributed by atoms with Gasteiger partial charge in [0.2, 0.25) is 16.0 Å². The number of aliphatic hydroxyl groups is 1. The SMILES string of the molecule is O=S1(=O)CCC(S(=O)(=O)N2C3CCC2c2cnc(N4CCCC(O)C4)nc2C3)C1. The molecular formula is C18H26N4O5S2. The summed E-state index contributed by atoms with van der Waals surface area (Å²) >= 11 is 0. The zero-order valence-electron chi connectivity index (χ0n) is 16.1. The van der Waals surface area contributed by atoms with Gasteiger partial charge in [0, 0.05) is 37.3 Å². The third-order valence-electron chi connectivity index (χ3n) is 6.70. The minimum Gasteiger partial charge on any atom is -0.391 e. The predicted molar refractivity (Wildman–Crippen MR) is 107 cm³/mol. The molecule has 0 radical (unpaired) electrons. The second-order valence-corrected chi connectivity index (χ2v) is 13.0. The molecular weight excluding hydrogens is 416 g/mol. The Hall–Kier alpha value is -1.30. The highest BCUT2D eigenvalue weighted by atomic mass is 32.2. The lowest BCUT2D eigenvalue weighted by Crippen LogP contribution is -2.47. The molecule has 0 aliphatic carbocycles. The van der Waals surface area contributed by atoms with Crippen LogP contribution >= 0.6 is 0 Å². The van der Waals surface area contributed by atoms with E-state index in [1.165, 1.54) is 0 Å². The summed E-state index contributed by atoms with van der Waals surface area (Å²) in [7, 11) is -6.97. The van der Waals surface area contributed by atoms with E-state index >= 15 is 0 Å². The van der Waals surface area contributed by atoms with E-state index in [0.717, 1.165) is 37.1 Å². The van der Waals surface area contributed by atoms with Crippen molar-refractivity contribution in [3.05, 3.63) is 17.5 Å². The molecule has 4 unspecified atom stereocenters. The van der Waals surface area contributed by atoms with Crippen molar-refractivity contribution in [2.24, 2.45) is 0 Å². The van der Waals surface area contributed by atoms with Gasteiger partial charge in [0.05, 0.1) is 34.6 Å².